The molecule has 3 nitrogen and oxygen atoms in total. The third kappa shape index (κ3) is 2.77. The molecule has 0 aromatic carbocycles. The molecule has 1 fully saturated rings. The highest BCUT2D eigenvalue weighted by molar-refractivity contribution is 5.05. The van der Waals surface area contributed by atoms with E-state index >= 15 is 0 Å². The average molecular weight is 219 g/mol. The zero-order valence-corrected chi connectivity index (χ0v) is 9.06. The quantitative estimate of drug-likeness (QED) is 0.714. The SMILES string of the molecule is N#CC1CCCN(Cc2cccc(F)n2)C1. The molecule has 1 aliphatic heterocycles. The Morgan fingerprint density at radius 2 is 2.44 bits per heavy atom. The summed E-state index contributed by atoms with van der Waals surface area (Å²) in [6.07, 6.45) is 2.01. The van der Waals surface area contributed by atoms with Crippen molar-refractivity contribution in [3.63, 3.8) is 0 Å². The van der Waals surface area contributed by atoms with Crippen molar-refractivity contribution in [3.05, 3.63) is 29.8 Å². The van der Waals surface area contributed by atoms with Crippen molar-refractivity contribution in [2.45, 2.75) is 19.4 Å². The second-order valence-electron chi connectivity index (χ2n) is 4.16. The number of rotatable bonds is 2. The van der Waals surface area contributed by atoms with E-state index in [-0.39, 0.29) is 5.92 Å². The molecule has 1 unspecified atom stereocenters. The summed E-state index contributed by atoms with van der Waals surface area (Å²) in [4.78, 5) is 5.99. The van der Waals surface area contributed by atoms with E-state index in [0.29, 0.717) is 6.54 Å². The van der Waals surface area contributed by atoms with Gasteiger partial charge in [-0.25, -0.2) is 4.98 Å². The van der Waals surface area contributed by atoms with Crippen molar-refractivity contribution in [3.8, 4) is 6.07 Å². The number of hydrogen-bond donors (Lipinski definition) is 0. The molecule has 1 atom stereocenters. The highest BCUT2D eigenvalue weighted by Gasteiger charge is 2.19. The largest absolute Gasteiger partial charge is 0.296 e. The molecule has 0 saturated carbocycles. The number of nitrogens with zero attached hydrogens (tertiary/aromatic N) is 3. The lowest BCUT2D eigenvalue weighted by molar-refractivity contribution is 0.189. The molecule has 2 heterocycles. The van der Waals surface area contributed by atoms with Crippen LogP contribution in [0.1, 0.15) is 18.5 Å². The fourth-order valence-corrected chi connectivity index (χ4v) is 2.07. The Hall–Kier alpha value is -1.47. The molecule has 0 amide bonds. The van der Waals surface area contributed by atoms with Crippen LogP contribution in [-0.4, -0.2) is 23.0 Å². The summed E-state index contributed by atoms with van der Waals surface area (Å²) in [5.41, 5.74) is 0.735. The molecule has 4 heteroatoms. The van der Waals surface area contributed by atoms with Gasteiger partial charge in [-0.1, -0.05) is 6.07 Å². The molecule has 1 aromatic rings. The number of halogens is 1. The van der Waals surface area contributed by atoms with Gasteiger partial charge >= 0.3 is 0 Å². The maximum atomic E-state index is 12.9. The summed E-state index contributed by atoms with van der Waals surface area (Å²) >= 11 is 0. The number of pyridine rings is 1. The van der Waals surface area contributed by atoms with E-state index in [1.54, 1.807) is 6.07 Å². The molecule has 1 aliphatic rings. The standard InChI is InChI=1S/C12H14FN3/c13-12-5-1-4-11(15-12)9-16-6-2-3-10(7-14)8-16/h1,4-5,10H,2-3,6,8-9H2. The van der Waals surface area contributed by atoms with Crippen LogP contribution in [0.2, 0.25) is 0 Å². The van der Waals surface area contributed by atoms with Crippen LogP contribution in [-0.2, 0) is 6.54 Å². The van der Waals surface area contributed by atoms with Crippen molar-refractivity contribution in [2.24, 2.45) is 5.92 Å². The minimum atomic E-state index is -0.439. The Morgan fingerprint density at radius 3 is 3.19 bits per heavy atom. The van der Waals surface area contributed by atoms with E-state index in [1.807, 2.05) is 6.07 Å². The molecule has 16 heavy (non-hydrogen) atoms. The number of nitriles is 1. The molecule has 2 rings (SSSR count). The first-order valence-electron chi connectivity index (χ1n) is 5.51. The third-order valence-corrected chi connectivity index (χ3v) is 2.85. The van der Waals surface area contributed by atoms with Gasteiger partial charge in [0.05, 0.1) is 17.7 Å². The molecule has 0 bridgehead atoms. The van der Waals surface area contributed by atoms with Gasteiger partial charge in [0.2, 0.25) is 5.95 Å². The number of aromatic nitrogens is 1. The molecule has 0 radical (unpaired) electrons. The van der Waals surface area contributed by atoms with Crippen molar-refractivity contribution >= 4 is 0 Å². The Balaban J connectivity index is 1.97. The average Bonchev–Trinajstić information content (AvgIpc) is 2.29. The van der Waals surface area contributed by atoms with Gasteiger partial charge in [-0.2, -0.15) is 9.65 Å². The van der Waals surface area contributed by atoms with Gasteiger partial charge in [-0.15, -0.1) is 0 Å². The fraction of sp³-hybridized carbons (Fsp3) is 0.500. The maximum Gasteiger partial charge on any atom is 0.213 e. The van der Waals surface area contributed by atoms with Crippen LogP contribution < -0.4 is 0 Å². The van der Waals surface area contributed by atoms with Crippen LogP contribution in [0.5, 0.6) is 0 Å². The first-order valence-corrected chi connectivity index (χ1v) is 5.51. The summed E-state index contributed by atoms with van der Waals surface area (Å²) < 4.78 is 12.9. The lowest BCUT2D eigenvalue weighted by Crippen LogP contribution is -2.34. The van der Waals surface area contributed by atoms with Crippen LogP contribution in [0.3, 0.4) is 0 Å². The van der Waals surface area contributed by atoms with E-state index in [2.05, 4.69) is 16.0 Å². The molecule has 0 N–H and O–H groups in total. The smallest absolute Gasteiger partial charge is 0.213 e. The molecule has 0 spiro atoms. The third-order valence-electron chi connectivity index (χ3n) is 2.85. The highest BCUT2D eigenvalue weighted by atomic mass is 19.1. The van der Waals surface area contributed by atoms with Crippen LogP contribution in [0.4, 0.5) is 4.39 Å². The zero-order chi connectivity index (χ0) is 11.4. The molecule has 84 valence electrons. The van der Waals surface area contributed by atoms with E-state index in [0.717, 1.165) is 31.6 Å². The second kappa shape index (κ2) is 5.04. The highest BCUT2D eigenvalue weighted by Crippen LogP contribution is 2.17. The first kappa shape index (κ1) is 11.0. The lowest BCUT2D eigenvalue weighted by Gasteiger charge is -2.28. The summed E-state index contributed by atoms with van der Waals surface area (Å²) in [6.45, 7) is 2.38. The maximum absolute atomic E-state index is 12.9. The van der Waals surface area contributed by atoms with Gasteiger partial charge in [0, 0.05) is 13.1 Å². The van der Waals surface area contributed by atoms with E-state index < -0.39 is 5.95 Å². The van der Waals surface area contributed by atoms with Crippen LogP contribution in [0.15, 0.2) is 18.2 Å². The van der Waals surface area contributed by atoms with Gasteiger partial charge < -0.3 is 0 Å². The molecular formula is C12H14FN3. The van der Waals surface area contributed by atoms with Crippen molar-refractivity contribution in [1.29, 1.82) is 5.26 Å². The van der Waals surface area contributed by atoms with Crippen LogP contribution >= 0.6 is 0 Å². The second-order valence-corrected chi connectivity index (χ2v) is 4.16. The lowest BCUT2D eigenvalue weighted by atomic mass is 10.00. The molecular weight excluding hydrogens is 205 g/mol. The number of hydrogen-bond acceptors (Lipinski definition) is 3. The predicted molar refractivity (Wildman–Crippen MR) is 57.8 cm³/mol. The van der Waals surface area contributed by atoms with E-state index in [4.69, 9.17) is 5.26 Å². The van der Waals surface area contributed by atoms with E-state index in [1.165, 1.54) is 6.07 Å². The van der Waals surface area contributed by atoms with Gasteiger partial charge in [-0.3, -0.25) is 4.90 Å². The van der Waals surface area contributed by atoms with Crippen LogP contribution in [0.25, 0.3) is 0 Å². The summed E-state index contributed by atoms with van der Waals surface area (Å²) in [6, 6.07) is 7.13. The van der Waals surface area contributed by atoms with Crippen molar-refractivity contribution in [1.82, 2.24) is 9.88 Å². The molecule has 1 saturated heterocycles. The minimum Gasteiger partial charge on any atom is -0.296 e. The van der Waals surface area contributed by atoms with Crippen molar-refractivity contribution < 1.29 is 4.39 Å². The first-order chi connectivity index (χ1) is 7.78. The van der Waals surface area contributed by atoms with Crippen molar-refractivity contribution in [2.75, 3.05) is 13.1 Å². The van der Waals surface area contributed by atoms with Gasteiger partial charge in [0.25, 0.3) is 0 Å². The summed E-state index contributed by atoms with van der Waals surface area (Å²) in [5, 5.41) is 8.87. The molecule has 1 aromatic heterocycles. The summed E-state index contributed by atoms with van der Waals surface area (Å²) in [7, 11) is 0. The normalized spacial score (nSPS) is 21.6. The van der Waals surface area contributed by atoms with E-state index in [9.17, 15) is 4.39 Å². The predicted octanol–water partition coefficient (Wildman–Crippen LogP) is 1.96. The van der Waals surface area contributed by atoms with Gasteiger partial charge in [0.1, 0.15) is 0 Å². The zero-order valence-electron chi connectivity index (χ0n) is 9.06. The monoisotopic (exact) mass is 219 g/mol. The Labute approximate surface area is 94.5 Å². The van der Waals surface area contributed by atoms with Gasteiger partial charge in [-0.05, 0) is 31.5 Å². The topological polar surface area (TPSA) is 39.9 Å². The fourth-order valence-electron chi connectivity index (χ4n) is 2.07. The minimum absolute atomic E-state index is 0.113. The number of piperidine rings is 1. The Bertz CT molecular complexity index is 399. The van der Waals surface area contributed by atoms with Crippen LogP contribution in [0, 0.1) is 23.2 Å². The Morgan fingerprint density at radius 1 is 1.56 bits per heavy atom. The summed E-state index contributed by atoms with van der Waals surface area (Å²) in [5.74, 6) is -0.325. The molecule has 0 aliphatic carbocycles. The van der Waals surface area contributed by atoms with Gasteiger partial charge in [0.15, 0.2) is 0 Å². The number of likely N-dealkylation sites (tertiary alicyclic amines) is 1. The Kier molecular flexibility index (Phi) is 3.47.